The molecule has 8 N–H and O–H groups in total. The third kappa shape index (κ3) is 35.4. The van der Waals surface area contributed by atoms with Crippen molar-refractivity contribution in [3.63, 3.8) is 0 Å². The zero-order valence-electron chi connectivity index (χ0n) is 39.7. The molecule has 12 heteroatoms. The van der Waals surface area contributed by atoms with E-state index in [1.165, 1.54) is 24.3 Å². The van der Waals surface area contributed by atoms with Crippen LogP contribution in [-0.4, -0.2) is 54.5 Å². The van der Waals surface area contributed by atoms with Gasteiger partial charge in [0.25, 0.3) is 0 Å². The predicted molar refractivity (Wildman–Crippen MR) is 226 cm³/mol. The Morgan fingerprint density at radius 3 is 0.411 bits per heavy atom. The fraction of sp³-hybridized carbons (Fsp3) is 0.727. The van der Waals surface area contributed by atoms with Crippen LogP contribution in [0.1, 0.15) is 166 Å². The molecule has 56 heavy (non-hydrogen) atoms. The molecular weight excluding hydrogens is 784 g/mol. The molecule has 0 bridgehead atoms. The Kier molecular flexibility index (Phi) is 33.8. The number of aliphatic hydroxyl groups excluding tert-OH is 4. The van der Waals surface area contributed by atoms with Crippen molar-refractivity contribution in [3.8, 4) is 0 Å². The monoisotopic (exact) mass is 869 g/mol. The maximum Gasteiger partial charge on any atom is 0.164 e. The van der Waals surface area contributed by atoms with Crippen molar-refractivity contribution in [1.82, 2.24) is 0 Å². The normalized spacial score (nSPS) is 13.4. The minimum Gasteiger partial charge on any atom is -0.512 e. The van der Waals surface area contributed by atoms with Gasteiger partial charge in [0, 0.05) is 111 Å². The summed E-state index contributed by atoms with van der Waals surface area (Å²) in [7, 11) is 0. The standard InChI is InChI=1S/4C11H20O2.2H2O.2Ti/c4*1-10(2,3)8(12)7-9(13)11(4,5)6;;;;/h4*7,12H,1-6H3;2*1H2;;/b4*8-7-;;;;. The molecule has 0 aromatic carbocycles. The zero-order chi connectivity index (χ0) is 43.4. The van der Waals surface area contributed by atoms with Gasteiger partial charge in [-0.15, -0.1) is 0 Å². The first-order valence-electron chi connectivity index (χ1n) is 18.0. The van der Waals surface area contributed by atoms with E-state index in [1.807, 2.05) is 166 Å². The maximum absolute atomic E-state index is 11.5. The van der Waals surface area contributed by atoms with Gasteiger partial charge >= 0.3 is 0 Å². The van der Waals surface area contributed by atoms with E-state index >= 15 is 0 Å². The first-order chi connectivity index (χ1) is 22.2. The van der Waals surface area contributed by atoms with Gasteiger partial charge in [-0.1, -0.05) is 166 Å². The predicted octanol–water partition coefficient (Wildman–Crippen LogP) is 10.7. The molecule has 0 rings (SSSR count). The van der Waals surface area contributed by atoms with Crippen molar-refractivity contribution >= 4 is 23.1 Å². The average molecular weight is 869 g/mol. The fourth-order valence-corrected chi connectivity index (χ4v) is 2.23. The molecule has 0 aliphatic rings. The van der Waals surface area contributed by atoms with Gasteiger partial charge in [0.05, 0.1) is 0 Å². The number of hydrogen-bond acceptors (Lipinski definition) is 8. The van der Waals surface area contributed by atoms with Crippen molar-refractivity contribution in [2.24, 2.45) is 43.3 Å². The number of carbonyl (C=O) groups excluding carboxylic acids is 4. The Bertz CT molecular complexity index is 1120. The SMILES string of the molecule is CC(C)(C)C(=O)/C=C(\O)C(C)(C)C.CC(C)(C)C(=O)/C=C(\O)C(C)(C)C.CC(C)(C)C(=O)/C=C(\O)C(C)(C)C.CC(C)(C)C(=O)/C=C(\O)C(C)(C)C.O.O.[Ti].[Ti]. The smallest absolute Gasteiger partial charge is 0.164 e. The van der Waals surface area contributed by atoms with Crippen LogP contribution in [0.3, 0.4) is 0 Å². The van der Waals surface area contributed by atoms with Crippen molar-refractivity contribution in [1.29, 1.82) is 0 Å². The molecule has 328 valence electrons. The van der Waals surface area contributed by atoms with E-state index < -0.39 is 21.7 Å². The summed E-state index contributed by atoms with van der Waals surface area (Å²) in [6.07, 6.45) is 5.33. The molecule has 0 aliphatic heterocycles. The summed E-state index contributed by atoms with van der Waals surface area (Å²) in [5, 5.41) is 38.2. The van der Waals surface area contributed by atoms with Crippen LogP contribution in [0.2, 0.25) is 0 Å². The number of aliphatic hydroxyl groups is 4. The van der Waals surface area contributed by atoms with Gasteiger partial charge in [-0.05, 0) is 0 Å². The van der Waals surface area contributed by atoms with Gasteiger partial charge in [-0.25, -0.2) is 0 Å². The first-order valence-corrected chi connectivity index (χ1v) is 18.0. The summed E-state index contributed by atoms with van der Waals surface area (Å²) in [5.41, 5.74) is -3.06. The van der Waals surface area contributed by atoms with E-state index in [9.17, 15) is 39.6 Å². The van der Waals surface area contributed by atoms with E-state index in [4.69, 9.17) is 0 Å². The van der Waals surface area contributed by atoms with Crippen molar-refractivity contribution in [2.75, 3.05) is 0 Å². The molecule has 0 amide bonds. The summed E-state index contributed by atoms with van der Waals surface area (Å²) in [6.45, 7) is 44.5. The molecule has 0 heterocycles. The minimum atomic E-state index is -0.417. The van der Waals surface area contributed by atoms with Crippen molar-refractivity contribution < 1.29 is 94.0 Å². The molecule has 0 radical (unpaired) electrons. The van der Waals surface area contributed by atoms with Crippen LogP contribution in [0.4, 0.5) is 0 Å². The van der Waals surface area contributed by atoms with Crippen LogP contribution in [0, 0.1) is 43.3 Å². The Labute approximate surface area is 371 Å². The molecule has 0 saturated carbocycles. The summed E-state index contributed by atoms with van der Waals surface area (Å²) in [5.74, 6) is 0.416. The Morgan fingerprint density at radius 1 is 0.268 bits per heavy atom. The van der Waals surface area contributed by atoms with E-state index in [0.29, 0.717) is 0 Å². The third-order valence-corrected chi connectivity index (χ3v) is 7.10. The summed E-state index contributed by atoms with van der Waals surface area (Å²) in [4.78, 5) is 45.9. The van der Waals surface area contributed by atoms with Gasteiger partial charge in [0.15, 0.2) is 23.1 Å². The number of allylic oxidation sites excluding steroid dienone is 8. The molecule has 0 saturated heterocycles. The first kappa shape index (κ1) is 71.9. The van der Waals surface area contributed by atoms with E-state index in [0.717, 1.165) is 0 Å². The maximum atomic E-state index is 11.5. The van der Waals surface area contributed by atoms with Gasteiger partial charge in [0.1, 0.15) is 23.0 Å². The topological polar surface area (TPSA) is 212 Å². The van der Waals surface area contributed by atoms with Crippen LogP contribution in [-0.2, 0) is 62.6 Å². The summed E-state index contributed by atoms with van der Waals surface area (Å²) in [6, 6.07) is 0. The second-order valence-corrected chi connectivity index (χ2v) is 21.6. The minimum absolute atomic E-state index is 0. The van der Waals surface area contributed by atoms with Gasteiger partial charge in [0.2, 0.25) is 0 Å². The van der Waals surface area contributed by atoms with Crippen molar-refractivity contribution in [2.45, 2.75) is 166 Å². The fourth-order valence-electron chi connectivity index (χ4n) is 2.23. The van der Waals surface area contributed by atoms with E-state index in [1.54, 1.807) is 0 Å². The molecule has 0 atom stereocenters. The van der Waals surface area contributed by atoms with Gasteiger partial charge < -0.3 is 31.4 Å². The molecule has 0 fully saturated rings. The molecule has 10 nitrogen and oxygen atoms in total. The quantitative estimate of drug-likeness (QED) is 0.121. The molecule has 0 aromatic heterocycles. The second-order valence-electron chi connectivity index (χ2n) is 21.6. The van der Waals surface area contributed by atoms with Gasteiger partial charge in [-0.3, -0.25) is 19.2 Å². The number of hydrogen-bond donors (Lipinski definition) is 4. The Morgan fingerprint density at radius 2 is 0.357 bits per heavy atom. The molecular formula is C44H84O10Ti2. The van der Waals surface area contributed by atoms with Crippen LogP contribution in [0.15, 0.2) is 47.3 Å². The second kappa shape index (κ2) is 26.3. The summed E-state index contributed by atoms with van der Waals surface area (Å²) >= 11 is 0. The van der Waals surface area contributed by atoms with Gasteiger partial charge in [-0.2, -0.15) is 0 Å². The van der Waals surface area contributed by atoms with Crippen LogP contribution in [0.25, 0.3) is 0 Å². The zero-order valence-corrected chi connectivity index (χ0v) is 42.9. The summed E-state index contributed by atoms with van der Waals surface area (Å²) < 4.78 is 0. The third-order valence-electron chi connectivity index (χ3n) is 7.10. The van der Waals surface area contributed by atoms with Crippen molar-refractivity contribution in [3.05, 3.63) is 47.3 Å². The van der Waals surface area contributed by atoms with E-state index in [2.05, 4.69) is 0 Å². The largest absolute Gasteiger partial charge is 0.512 e. The van der Waals surface area contributed by atoms with Crippen LogP contribution >= 0.6 is 0 Å². The molecule has 0 spiro atoms. The Balaban J connectivity index is -0.0000000893. The van der Waals surface area contributed by atoms with Crippen LogP contribution < -0.4 is 0 Å². The number of ketones is 4. The molecule has 0 aromatic rings. The van der Waals surface area contributed by atoms with E-state index in [-0.39, 0.29) is 122 Å². The molecule has 0 aliphatic carbocycles. The average Bonchev–Trinajstić information content (AvgIpc) is 2.85. The molecule has 0 unspecified atom stereocenters. The number of carbonyl (C=O) groups is 4. The Hall–Kier alpha value is -1.81. The van der Waals surface area contributed by atoms with Crippen LogP contribution in [0.5, 0.6) is 0 Å². The number of rotatable bonds is 4.